The van der Waals surface area contributed by atoms with Gasteiger partial charge in [0, 0.05) is 19.2 Å². The fourth-order valence-corrected chi connectivity index (χ4v) is 2.85. The van der Waals surface area contributed by atoms with Crippen molar-refractivity contribution in [1.29, 1.82) is 0 Å². The molecule has 0 aromatic heterocycles. The van der Waals surface area contributed by atoms with Crippen molar-refractivity contribution in [3.63, 3.8) is 0 Å². The average Bonchev–Trinajstić information content (AvgIpc) is 2.63. The summed E-state index contributed by atoms with van der Waals surface area (Å²) < 4.78 is 10.7. The summed E-state index contributed by atoms with van der Waals surface area (Å²) >= 11 is 0. The molecule has 0 radical (unpaired) electrons. The molecule has 2 aromatic rings. The molecule has 0 saturated carbocycles. The number of amides is 2. The number of carbonyl (C=O) groups is 1. The summed E-state index contributed by atoms with van der Waals surface area (Å²) in [5.41, 5.74) is 2.89. The Hall–Kier alpha value is -2.37. The Balaban J connectivity index is 1.73. The summed E-state index contributed by atoms with van der Waals surface area (Å²) in [6, 6.07) is 17.8. The number of urea groups is 1. The van der Waals surface area contributed by atoms with E-state index in [4.69, 9.17) is 9.47 Å². The predicted molar refractivity (Wildman–Crippen MR) is 94.1 cm³/mol. The Morgan fingerprint density at radius 1 is 1.21 bits per heavy atom. The molecule has 1 N–H and O–H groups in total. The highest BCUT2D eigenvalue weighted by Crippen LogP contribution is 2.27. The van der Waals surface area contributed by atoms with Crippen molar-refractivity contribution >= 4 is 11.7 Å². The number of rotatable bonds is 4. The van der Waals surface area contributed by atoms with Gasteiger partial charge in [-0.05, 0) is 11.6 Å². The second kappa shape index (κ2) is 7.95. The van der Waals surface area contributed by atoms with Crippen LogP contribution in [0.4, 0.5) is 10.5 Å². The van der Waals surface area contributed by atoms with Gasteiger partial charge in [-0.15, -0.1) is 0 Å². The Bertz CT molecular complexity index is 673. The van der Waals surface area contributed by atoms with E-state index in [-0.39, 0.29) is 12.1 Å². The zero-order chi connectivity index (χ0) is 16.8. The first-order valence-electron chi connectivity index (χ1n) is 8.09. The minimum absolute atomic E-state index is 0.0705. The average molecular weight is 326 g/mol. The van der Waals surface area contributed by atoms with Crippen LogP contribution in [0.3, 0.4) is 0 Å². The van der Waals surface area contributed by atoms with Crippen molar-refractivity contribution in [2.75, 3.05) is 38.7 Å². The molecule has 126 valence electrons. The molecule has 1 aliphatic rings. The Morgan fingerprint density at radius 2 is 1.96 bits per heavy atom. The van der Waals surface area contributed by atoms with Gasteiger partial charge in [-0.1, -0.05) is 48.5 Å². The molecule has 2 amide bonds. The van der Waals surface area contributed by atoms with Gasteiger partial charge < -0.3 is 19.7 Å². The number of morpholine rings is 1. The van der Waals surface area contributed by atoms with Gasteiger partial charge in [-0.2, -0.15) is 0 Å². The van der Waals surface area contributed by atoms with E-state index in [0.717, 1.165) is 16.8 Å². The summed E-state index contributed by atoms with van der Waals surface area (Å²) in [7, 11) is 1.64. The van der Waals surface area contributed by atoms with Crippen LogP contribution in [0.1, 0.15) is 0 Å². The normalized spacial score (nSPS) is 17.5. The van der Waals surface area contributed by atoms with E-state index in [9.17, 15) is 4.79 Å². The third-order valence-corrected chi connectivity index (χ3v) is 4.03. The number of carbonyl (C=O) groups excluding carboxylic acids is 1. The van der Waals surface area contributed by atoms with Crippen LogP contribution in [-0.2, 0) is 9.47 Å². The molecular weight excluding hydrogens is 304 g/mol. The van der Waals surface area contributed by atoms with Crippen molar-refractivity contribution in [2.24, 2.45) is 0 Å². The van der Waals surface area contributed by atoms with Gasteiger partial charge in [-0.25, -0.2) is 4.79 Å². The molecule has 1 aliphatic heterocycles. The van der Waals surface area contributed by atoms with Gasteiger partial charge in [0.2, 0.25) is 0 Å². The third-order valence-electron chi connectivity index (χ3n) is 4.03. The van der Waals surface area contributed by atoms with Crippen LogP contribution in [0.25, 0.3) is 11.1 Å². The number of para-hydroxylation sites is 1. The van der Waals surface area contributed by atoms with Gasteiger partial charge in [-0.3, -0.25) is 0 Å². The number of ether oxygens (including phenoxy) is 2. The number of benzene rings is 2. The lowest BCUT2D eigenvalue weighted by Gasteiger charge is -2.32. The first-order valence-corrected chi connectivity index (χ1v) is 8.09. The molecule has 5 nitrogen and oxygen atoms in total. The molecule has 1 unspecified atom stereocenters. The molecule has 2 aromatic carbocycles. The Morgan fingerprint density at radius 3 is 2.75 bits per heavy atom. The fourth-order valence-electron chi connectivity index (χ4n) is 2.85. The standard InChI is InChI=1S/C19H22N2O3/c1-23-14-16-13-21(11-12-24-16)19(22)20-18-10-6-5-9-17(18)15-7-3-2-4-8-15/h2-10,16H,11-14H2,1H3,(H,20,22). The molecule has 1 fully saturated rings. The van der Waals surface area contributed by atoms with Crippen LogP contribution >= 0.6 is 0 Å². The number of nitrogens with one attached hydrogen (secondary N) is 1. The molecule has 5 heteroatoms. The number of hydrogen-bond acceptors (Lipinski definition) is 3. The maximum absolute atomic E-state index is 12.6. The second-order valence-corrected chi connectivity index (χ2v) is 5.74. The topological polar surface area (TPSA) is 50.8 Å². The first-order chi connectivity index (χ1) is 11.8. The minimum Gasteiger partial charge on any atom is -0.382 e. The zero-order valence-electron chi connectivity index (χ0n) is 13.8. The molecule has 1 heterocycles. The minimum atomic E-state index is -0.109. The number of hydrogen-bond donors (Lipinski definition) is 1. The molecule has 1 atom stereocenters. The van der Waals surface area contributed by atoms with Gasteiger partial charge in [0.15, 0.2) is 0 Å². The van der Waals surface area contributed by atoms with Crippen LogP contribution in [0.15, 0.2) is 54.6 Å². The van der Waals surface area contributed by atoms with Crippen molar-refractivity contribution < 1.29 is 14.3 Å². The SMILES string of the molecule is COCC1CN(C(=O)Nc2ccccc2-c2ccccc2)CCO1. The van der Waals surface area contributed by atoms with E-state index in [0.29, 0.717) is 26.3 Å². The summed E-state index contributed by atoms with van der Waals surface area (Å²) in [4.78, 5) is 14.4. The lowest BCUT2D eigenvalue weighted by atomic mass is 10.0. The van der Waals surface area contributed by atoms with Crippen molar-refractivity contribution in [2.45, 2.75) is 6.10 Å². The molecule has 1 saturated heterocycles. The summed E-state index contributed by atoms with van der Waals surface area (Å²) in [5.74, 6) is 0. The highest BCUT2D eigenvalue weighted by molar-refractivity contribution is 5.94. The maximum Gasteiger partial charge on any atom is 0.322 e. The van der Waals surface area contributed by atoms with Crippen LogP contribution in [-0.4, -0.2) is 50.4 Å². The van der Waals surface area contributed by atoms with Crippen molar-refractivity contribution in [3.05, 3.63) is 54.6 Å². The van der Waals surface area contributed by atoms with Crippen LogP contribution in [0.2, 0.25) is 0 Å². The summed E-state index contributed by atoms with van der Waals surface area (Å²) in [5, 5.41) is 3.03. The fraction of sp³-hybridized carbons (Fsp3) is 0.316. The molecule has 0 spiro atoms. The van der Waals surface area contributed by atoms with Crippen LogP contribution < -0.4 is 5.32 Å². The van der Waals surface area contributed by atoms with Crippen LogP contribution in [0.5, 0.6) is 0 Å². The second-order valence-electron chi connectivity index (χ2n) is 5.74. The molecular formula is C19H22N2O3. The van der Waals surface area contributed by atoms with Gasteiger partial charge in [0.1, 0.15) is 0 Å². The predicted octanol–water partition coefficient (Wildman–Crippen LogP) is 3.23. The van der Waals surface area contributed by atoms with Crippen molar-refractivity contribution in [3.8, 4) is 11.1 Å². The lowest BCUT2D eigenvalue weighted by molar-refractivity contribution is -0.0481. The largest absolute Gasteiger partial charge is 0.382 e. The van der Waals surface area contributed by atoms with E-state index in [1.54, 1.807) is 12.0 Å². The molecule has 0 bridgehead atoms. The lowest BCUT2D eigenvalue weighted by Crippen LogP contribution is -2.48. The smallest absolute Gasteiger partial charge is 0.322 e. The first kappa shape index (κ1) is 16.5. The van der Waals surface area contributed by atoms with Crippen LogP contribution in [0, 0.1) is 0 Å². The molecule has 3 rings (SSSR count). The van der Waals surface area contributed by atoms with Gasteiger partial charge in [0.05, 0.1) is 31.5 Å². The van der Waals surface area contributed by atoms with Crippen molar-refractivity contribution in [1.82, 2.24) is 4.90 Å². The Labute approximate surface area is 142 Å². The van der Waals surface area contributed by atoms with E-state index >= 15 is 0 Å². The molecule has 0 aliphatic carbocycles. The zero-order valence-corrected chi connectivity index (χ0v) is 13.8. The van der Waals surface area contributed by atoms with Gasteiger partial charge >= 0.3 is 6.03 Å². The number of methoxy groups -OCH3 is 1. The third kappa shape index (κ3) is 3.93. The highest BCUT2D eigenvalue weighted by atomic mass is 16.5. The molecule has 24 heavy (non-hydrogen) atoms. The van der Waals surface area contributed by atoms with E-state index in [2.05, 4.69) is 5.32 Å². The highest BCUT2D eigenvalue weighted by Gasteiger charge is 2.24. The van der Waals surface area contributed by atoms with E-state index in [1.807, 2.05) is 54.6 Å². The summed E-state index contributed by atoms with van der Waals surface area (Å²) in [6.07, 6.45) is -0.0705. The maximum atomic E-state index is 12.6. The number of nitrogens with zero attached hydrogens (tertiary/aromatic N) is 1. The van der Waals surface area contributed by atoms with E-state index in [1.165, 1.54) is 0 Å². The monoisotopic (exact) mass is 326 g/mol. The Kier molecular flexibility index (Phi) is 5.46. The van der Waals surface area contributed by atoms with Gasteiger partial charge in [0.25, 0.3) is 0 Å². The quantitative estimate of drug-likeness (QED) is 0.938. The summed E-state index contributed by atoms with van der Waals surface area (Å²) in [6.45, 7) is 2.14. The number of anilines is 1. The van der Waals surface area contributed by atoms with E-state index < -0.39 is 0 Å².